The minimum absolute atomic E-state index is 0.240. The summed E-state index contributed by atoms with van der Waals surface area (Å²) < 4.78 is 5.58. The van der Waals surface area contributed by atoms with E-state index in [0.717, 1.165) is 14.9 Å². The van der Waals surface area contributed by atoms with Crippen LogP contribution < -0.4 is 11.2 Å². The van der Waals surface area contributed by atoms with Crippen molar-refractivity contribution in [1.82, 2.24) is 4.98 Å². The summed E-state index contributed by atoms with van der Waals surface area (Å²) in [4.78, 5) is 16.2. The molecule has 1 aromatic carbocycles. The van der Waals surface area contributed by atoms with E-state index in [1.807, 2.05) is 18.2 Å². The second kappa shape index (κ2) is 8.16. The van der Waals surface area contributed by atoms with Gasteiger partial charge in [-0.05, 0) is 12.1 Å². The lowest BCUT2D eigenvalue weighted by Crippen LogP contribution is -2.03. The molecule has 6 nitrogen and oxygen atoms in total. The fraction of sp³-hybridized carbons (Fsp3) is 0.154. The first-order valence-corrected chi connectivity index (χ1v) is 8.73. The SMILES string of the molecule is COC(=O)CSc1cc(Br)ccc1C=NNc1nc(N)cs1. The first-order chi connectivity index (χ1) is 10.6. The number of anilines is 2. The molecule has 0 saturated carbocycles. The molecule has 2 aromatic rings. The Balaban J connectivity index is 2.07. The fourth-order valence-corrected chi connectivity index (χ4v) is 3.38. The number of esters is 1. The normalized spacial score (nSPS) is 10.8. The van der Waals surface area contributed by atoms with Gasteiger partial charge in [0.15, 0.2) is 0 Å². The lowest BCUT2D eigenvalue weighted by molar-refractivity contribution is -0.137. The van der Waals surface area contributed by atoms with E-state index in [4.69, 9.17) is 5.73 Å². The van der Waals surface area contributed by atoms with Gasteiger partial charge in [-0.3, -0.25) is 10.2 Å². The number of thioether (sulfide) groups is 1. The van der Waals surface area contributed by atoms with Crippen molar-refractivity contribution in [2.75, 3.05) is 24.0 Å². The van der Waals surface area contributed by atoms with E-state index >= 15 is 0 Å². The predicted octanol–water partition coefficient (Wildman–Crippen LogP) is 3.20. The number of nitrogen functional groups attached to an aromatic ring is 1. The lowest BCUT2D eigenvalue weighted by atomic mass is 10.2. The van der Waals surface area contributed by atoms with Crippen LogP contribution >= 0.6 is 39.0 Å². The summed E-state index contributed by atoms with van der Waals surface area (Å²) in [5, 5.41) is 6.49. The summed E-state index contributed by atoms with van der Waals surface area (Å²) in [6.45, 7) is 0. The highest BCUT2D eigenvalue weighted by Crippen LogP contribution is 2.26. The molecule has 0 amide bonds. The van der Waals surface area contributed by atoms with Gasteiger partial charge < -0.3 is 10.5 Å². The highest BCUT2D eigenvalue weighted by Gasteiger charge is 2.07. The average Bonchev–Trinajstić information content (AvgIpc) is 2.92. The Bertz CT molecular complexity index is 690. The molecule has 9 heteroatoms. The molecule has 3 N–H and O–H groups in total. The van der Waals surface area contributed by atoms with Crippen molar-refractivity contribution in [3.8, 4) is 0 Å². The van der Waals surface area contributed by atoms with Crippen LogP contribution in [0.15, 0.2) is 38.0 Å². The largest absolute Gasteiger partial charge is 0.468 e. The van der Waals surface area contributed by atoms with Gasteiger partial charge in [0.2, 0.25) is 5.13 Å². The summed E-state index contributed by atoms with van der Waals surface area (Å²) in [6.07, 6.45) is 1.67. The number of hydrogen-bond acceptors (Lipinski definition) is 8. The van der Waals surface area contributed by atoms with Crippen LogP contribution in [-0.4, -0.2) is 30.0 Å². The van der Waals surface area contributed by atoms with Crippen LogP contribution in [-0.2, 0) is 9.53 Å². The number of nitrogens with two attached hydrogens (primary N) is 1. The molecule has 22 heavy (non-hydrogen) atoms. The number of methoxy groups -OCH3 is 1. The molecule has 0 saturated heterocycles. The van der Waals surface area contributed by atoms with E-state index in [0.29, 0.717) is 10.9 Å². The summed E-state index contributed by atoms with van der Waals surface area (Å²) in [6, 6.07) is 5.74. The fourth-order valence-electron chi connectivity index (χ4n) is 1.43. The van der Waals surface area contributed by atoms with Crippen molar-refractivity contribution >= 4 is 62.2 Å². The Hall–Kier alpha value is -1.58. The van der Waals surface area contributed by atoms with Crippen molar-refractivity contribution in [2.24, 2.45) is 5.10 Å². The highest BCUT2D eigenvalue weighted by molar-refractivity contribution is 9.10. The standard InChI is InChI=1S/C13H13BrN4O2S2/c1-20-12(19)7-21-10-4-9(14)3-2-8(10)5-16-18-13-17-11(15)6-22-13/h2-6H,7,15H2,1H3,(H,17,18). The Morgan fingerprint density at radius 1 is 1.64 bits per heavy atom. The Morgan fingerprint density at radius 2 is 2.45 bits per heavy atom. The van der Waals surface area contributed by atoms with E-state index < -0.39 is 0 Å². The number of nitrogens with one attached hydrogen (secondary N) is 1. The molecule has 1 aromatic heterocycles. The van der Waals surface area contributed by atoms with Crippen LogP contribution in [0.5, 0.6) is 0 Å². The van der Waals surface area contributed by atoms with Gasteiger partial charge in [0, 0.05) is 20.3 Å². The maximum Gasteiger partial charge on any atom is 0.315 e. The zero-order valence-electron chi connectivity index (χ0n) is 11.6. The van der Waals surface area contributed by atoms with Crippen molar-refractivity contribution < 1.29 is 9.53 Å². The molecular formula is C13H13BrN4O2S2. The van der Waals surface area contributed by atoms with E-state index in [9.17, 15) is 4.79 Å². The van der Waals surface area contributed by atoms with Gasteiger partial charge >= 0.3 is 5.97 Å². The van der Waals surface area contributed by atoms with Crippen molar-refractivity contribution in [3.63, 3.8) is 0 Å². The smallest absolute Gasteiger partial charge is 0.315 e. The van der Waals surface area contributed by atoms with Crippen LogP contribution in [0.1, 0.15) is 5.56 Å². The van der Waals surface area contributed by atoms with Crippen molar-refractivity contribution in [3.05, 3.63) is 33.6 Å². The van der Waals surface area contributed by atoms with E-state index in [2.05, 4.69) is 36.2 Å². The Kier molecular flexibility index (Phi) is 6.22. The third kappa shape index (κ3) is 5.00. The van der Waals surface area contributed by atoms with Gasteiger partial charge in [0.1, 0.15) is 5.82 Å². The maximum atomic E-state index is 11.3. The van der Waals surface area contributed by atoms with Gasteiger partial charge in [0.05, 0.1) is 19.1 Å². The van der Waals surface area contributed by atoms with E-state index in [-0.39, 0.29) is 11.7 Å². The van der Waals surface area contributed by atoms with Crippen LogP contribution in [0.4, 0.5) is 10.9 Å². The molecule has 0 aliphatic carbocycles. The second-order valence-electron chi connectivity index (χ2n) is 3.99. The van der Waals surface area contributed by atoms with E-state index in [1.54, 1.807) is 11.6 Å². The second-order valence-corrected chi connectivity index (χ2v) is 6.79. The third-order valence-electron chi connectivity index (χ3n) is 2.43. The Labute approximate surface area is 144 Å². The number of ether oxygens (including phenoxy) is 1. The average molecular weight is 401 g/mol. The van der Waals surface area contributed by atoms with E-state index in [1.165, 1.54) is 30.2 Å². The number of aromatic nitrogens is 1. The third-order valence-corrected chi connectivity index (χ3v) is 4.74. The first kappa shape index (κ1) is 16.8. The minimum atomic E-state index is -0.274. The molecular weight excluding hydrogens is 388 g/mol. The molecule has 0 aliphatic rings. The van der Waals surface area contributed by atoms with Crippen LogP contribution in [0.25, 0.3) is 0 Å². The van der Waals surface area contributed by atoms with Crippen LogP contribution in [0, 0.1) is 0 Å². The monoisotopic (exact) mass is 400 g/mol. The highest BCUT2D eigenvalue weighted by atomic mass is 79.9. The van der Waals surface area contributed by atoms with Gasteiger partial charge in [-0.25, -0.2) is 4.98 Å². The number of carbonyl (C=O) groups is 1. The number of rotatable bonds is 6. The molecule has 0 aliphatic heterocycles. The minimum Gasteiger partial charge on any atom is -0.468 e. The molecule has 0 atom stereocenters. The quantitative estimate of drug-likeness (QED) is 0.335. The number of hydrogen-bond donors (Lipinski definition) is 2. The Morgan fingerprint density at radius 3 is 3.14 bits per heavy atom. The summed E-state index contributed by atoms with van der Waals surface area (Å²) in [7, 11) is 1.37. The zero-order valence-corrected chi connectivity index (χ0v) is 14.8. The van der Waals surface area contributed by atoms with Gasteiger partial charge in [0.25, 0.3) is 0 Å². The maximum absolute atomic E-state index is 11.3. The van der Waals surface area contributed by atoms with Crippen LogP contribution in [0.3, 0.4) is 0 Å². The number of hydrazone groups is 1. The van der Waals surface area contributed by atoms with Crippen LogP contribution in [0.2, 0.25) is 0 Å². The summed E-state index contributed by atoms with van der Waals surface area (Å²) >= 11 is 6.18. The number of thiazole rings is 1. The summed E-state index contributed by atoms with van der Waals surface area (Å²) in [5.74, 6) is 0.425. The molecule has 1 heterocycles. The topological polar surface area (TPSA) is 89.6 Å². The zero-order chi connectivity index (χ0) is 15.9. The number of nitrogens with zero attached hydrogens (tertiary/aromatic N) is 2. The van der Waals surface area contributed by atoms with Crippen molar-refractivity contribution in [2.45, 2.75) is 4.90 Å². The van der Waals surface area contributed by atoms with Gasteiger partial charge in [-0.2, -0.15) is 5.10 Å². The molecule has 0 radical (unpaired) electrons. The van der Waals surface area contributed by atoms with Gasteiger partial charge in [-0.15, -0.1) is 23.1 Å². The first-order valence-electron chi connectivity index (χ1n) is 6.07. The van der Waals surface area contributed by atoms with Gasteiger partial charge in [-0.1, -0.05) is 22.0 Å². The number of carbonyl (C=O) groups excluding carboxylic acids is 1. The molecule has 0 unspecified atom stereocenters. The molecule has 116 valence electrons. The number of halogens is 1. The number of benzene rings is 1. The summed E-state index contributed by atoms with van der Waals surface area (Å²) in [5.41, 5.74) is 9.24. The molecule has 0 spiro atoms. The lowest BCUT2D eigenvalue weighted by Gasteiger charge is -2.05. The molecule has 2 rings (SSSR count). The van der Waals surface area contributed by atoms with Crippen molar-refractivity contribution in [1.29, 1.82) is 0 Å². The predicted molar refractivity (Wildman–Crippen MR) is 94.6 cm³/mol. The molecule has 0 bridgehead atoms. The molecule has 0 fully saturated rings.